The Morgan fingerprint density at radius 1 is 1.09 bits per heavy atom. The van der Waals surface area contributed by atoms with E-state index in [2.05, 4.69) is 25.8 Å². The van der Waals surface area contributed by atoms with Crippen LogP contribution < -0.4 is 15.4 Å². The van der Waals surface area contributed by atoms with Gasteiger partial charge in [0.15, 0.2) is 5.82 Å². The molecular weight excluding hydrogens is 408 g/mol. The quantitative estimate of drug-likeness (QED) is 0.552. The predicted octanol–water partition coefficient (Wildman–Crippen LogP) is 3.04. The van der Waals surface area contributed by atoms with Crippen LogP contribution in [0, 0.1) is 5.92 Å². The molecule has 0 bridgehead atoms. The van der Waals surface area contributed by atoms with Crippen molar-refractivity contribution in [3.63, 3.8) is 0 Å². The van der Waals surface area contributed by atoms with Crippen LogP contribution in [0.1, 0.15) is 18.7 Å². The minimum absolute atomic E-state index is 0.0319. The lowest BCUT2D eigenvalue weighted by Gasteiger charge is -2.31. The standard InChI is InChI=1S/C23H26N6O3/c1-32-19-9-7-16(8-10-19)21-26-20(27-28-21)15-24-22(30)17-11-13-29(14-12-17)23(31)25-18-5-3-2-4-6-18/h2-10,17H,11-15H2,1H3,(H,24,30)(H,25,31)(H,26,27,28). The van der Waals surface area contributed by atoms with Crippen molar-refractivity contribution in [2.45, 2.75) is 19.4 Å². The van der Waals surface area contributed by atoms with Crippen molar-refractivity contribution in [2.24, 2.45) is 5.92 Å². The molecule has 2 aromatic carbocycles. The fraction of sp³-hybridized carbons (Fsp3) is 0.304. The van der Waals surface area contributed by atoms with E-state index in [1.165, 1.54) is 0 Å². The highest BCUT2D eigenvalue weighted by Gasteiger charge is 2.27. The Balaban J connectivity index is 1.23. The van der Waals surface area contributed by atoms with Crippen LogP contribution in [0.25, 0.3) is 11.4 Å². The zero-order valence-corrected chi connectivity index (χ0v) is 17.9. The van der Waals surface area contributed by atoms with Gasteiger partial charge in [-0.2, -0.15) is 5.10 Å². The van der Waals surface area contributed by atoms with E-state index in [1.807, 2.05) is 54.6 Å². The Morgan fingerprint density at radius 2 is 1.81 bits per heavy atom. The molecule has 0 saturated carbocycles. The van der Waals surface area contributed by atoms with Gasteiger partial charge in [0, 0.05) is 30.3 Å². The number of aromatic nitrogens is 3. The maximum atomic E-state index is 12.6. The number of methoxy groups -OCH3 is 1. The van der Waals surface area contributed by atoms with Gasteiger partial charge in [-0.25, -0.2) is 9.78 Å². The van der Waals surface area contributed by atoms with Crippen LogP contribution >= 0.6 is 0 Å². The highest BCUT2D eigenvalue weighted by atomic mass is 16.5. The molecule has 2 heterocycles. The van der Waals surface area contributed by atoms with Crippen LogP contribution in [0.4, 0.5) is 10.5 Å². The molecule has 1 aromatic heterocycles. The number of ether oxygens (including phenoxy) is 1. The van der Waals surface area contributed by atoms with Gasteiger partial charge in [0.2, 0.25) is 5.91 Å². The van der Waals surface area contributed by atoms with Gasteiger partial charge in [0.25, 0.3) is 0 Å². The van der Waals surface area contributed by atoms with Crippen LogP contribution in [0.15, 0.2) is 54.6 Å². The van der Waals surface area contributed by atoms with Crippen molar-refractivity contribution in [1.82, 2.24) is 25.4 Å². The molecule has 9 nitrogen and oxygen atoms in total. The third kappa shape index (κ3) is 5.23. The second-order valence-corrected chi connectivity index (χ2v) is 7.61. The number of rotatable bonds is 6. The van der Waals surface area contributed by atoms with E-state index in [-0.39, 0.29) is 24.4 Å². The van der Waals surface area contributed by atoms with E-state index >= 15 is 0 Å². The number of carbonyl (C=O) groups is 2. The number of benzene rings is 2. The normalized spacial score (nSPS) is 14.1. The molecule has 3 N–H and O–H groups in total. The Labute approximate surface area is 186 Å². The number of urea groups is 1. The molecule has 0 spiro atoms. The van der Waals surface area contributed by atoms with E-state index in [4.69, 9.17) is 4.74 Å². The molecule has 4 rings (SSSR count). The van der Waals surface area contributed by atoms with Crippen molar-refractivity contribution in [1.29, 1.82) is 0 Å². The maximum absolute atomic E-state index is 12.6. The average Bonchev–Trinajstić information content (AvgIpc) is 3.32. The van der Waals surface area contributed by atoms with E-state index in [1.54, 1.807) is 12.0 Å². The van der Waals surface area contributed by atoms with Gasteiger partial charge in [0.1, 0.15) is 11.6 Å². The van der Waals surface area contributed by atoms with Crippen LogP contribution in [0.3, 0.4) is 0 Å². The van der Waals surface area contributed by atoms with Crippen molar-refractivity contribution in [3.8, 4) is 17.1 Å². The van der Waals surface area contributed by atoms with E-state index in [0.717, 1.165) is 17.0 Å². The van der Waals surface area contributed by atoms with Crippen molar-refractivity contribution >= 4 is 17.6 Å². The SMILES string of the molecule is COc1ccc(-c2n[nH]c(CNC(=O)C3CCN(C(=O)Nc4ccccc4)CC3)n2)cc1. The first-order chi connectivity index (χ1) is 15.6. The van der Waals surface area contributed by atoms with E-state index in [9.17, 15) is 9.59 Å². The predicted molar refractivity (Wildman–Crippen MR) is 120 cm³/mol. The number of hydrogen-bond acceptors (Lipinski definition) is 5. The molecule has 1 aliphatic rings. The fourth-order valence-corrected chi connectivity index (χ4v) is 3.63. The fourth-order valence-electron chi connectivity index (χ4n) is 3.63. The molecule has 0 atom stereocenters. The number of aromatic amines is 1. The summed E-state index contributed by atoms with van der Waals surface area (Å²) < 4.78 is 5.16. The molecule has 1 saturated heterocycles. The van der Waals surface area contributed by atoms with E-state index in [0.29, 0.717) is 37.6 Å². The van der Waals surface area contributed by atoms with Crippen LogP contribution in [0.5, 0.6) is 5.75 Å². The minimum atomic E-state index is -0.136. The first-order valence-electron chi connectivity index (χ1n) is 10.6. The molecular formula is C23H26N6O3. The first-order valence-corrected chi connectivity index (χ1v) is 10.6. The number of nitrogens with one attached hydrogen (secondary N) is 3. The van der Waals surface area contributed by atoms with Crippen molar-refractivity contribution in [3.05, 3.63) is 60.4 Å². The molecule has 9 heteroatoms. The average molecular weight is 435 g/mol. The van der Waals surface area contributed by atoms with Crippen LogP contribution in [-0.4, -0.2) is 52.2 Å². The lowest BCUT2D eigenvalue weighted by Crippen LogP contribution is -2.44. The Bertz CT molecular complexity index is 1040. The Morgan fingerprint density at radius 3 is 2.50 bits per heavy atom. The van der Waals surface area contributed by atoms with Gasteiger partial charge in [-0.3, -0.25) is 9.89 Å². The number of nitrogens with zero attached hydrogens (tertiary/aromatic N) is 3. The van der Waals surface area contributed by atoms with Gasteiger partial charge in [-0.15, -0.1) is 0 Å². The molecule has 3 amide bonds. The third-order valence-electron chi connectivity index (χ3n) is 5.49. The van der Waals surface area contributed by atoms with Crippen LogP contribution in [-0.2, 0) is 11.3 Å². The zero-order chi connectivity index (χ0) is 22.3. The summed E-state index contributed by atoms with van der Waals surface area (Å²) in [6.07, 6.45) is 1.25. The summed E-state index contributed by atoms with van der Waals surface area (Å²) in [4.78, 5) is 31.2. The lowest BCUT2D eigenvalue weighted by molar-refractivity contribution is -0.126. The molecule has 0 aliphatic carbocycles. The molecule has 1 aliphatic heterocycles. The monoisotopic (exact) mass is 434 g/mol. The highest BCUT2D eigenvalue weighted by molar-refractivity contribution is 5.89. The third-order valence-corrected chi connectivity index (χ3v) is 5.49. The number of para-hydroxylation sites is 1. The minimum Gasteiger partial charge on any atom is -0.497 e. The summed E-state index contributed by atoms with van der Waals surface area (Å²) in [5.41, 5.74) is 1.62. The first kappa shape index (κ1) is 21.4. The number of H-pyrrole nitrogens is 1. The molecule has 166 valence electrons. The molecule has 1 fully saturated rings. The van der Waals surface area contributed by atoms with Crippen molar-refractivity contribution < 1.29 is 14.3 Å². The number of amides is 3. The molecule has 32 heavy (non-hydrogen) atoms. The summed E-state index contributed by atoms with van der Waals surface area (Å²) in [6.45, 7) is 1.36. The summed E-state index contributed by atoms with van der Waals surface area (Å²) >= 11 is 0. The second kappa shape index (κ2) is 9.95. The number of anilines is 1. The largest absolute Gasteiger partial charge is 0.497 e. The second-order valence-electron chi connectivity index (χ2n) is 7.61. The smallest absolute Gasteiger partial charge is 0.321 e. The van der Waals surface area contributed by atoms with Gasteiger partial charge >= 0.3 is 6.03 Å². The number of carbonyl (C=O) groups excluding carboxylic acids is 2. The van der Waals surface area contributed by atoms with Crippen molar-refractivity contribution in [2.75, 3.05) is 25.5 Å². The highest BCUT2D eigenvalue weighted by Crippen LogP contribution is 2.20. The summed E-state index contributed by atoms with van der Waals surface area (Å²) in [5, 5.41) is 12.9. The van der Waals surface area contributed by atoms with Crippen LogP contribution in [0.2, 0.25) is 0 Å². The molecule has 3 aromatic rings. The Kier molecular flexibility index (Phi) is 6.64. The van der Waals surface area contributed by atoms with Gasteiger partial charge in [-0.05, 0) is 49.2 Å². The number of piperidine rings is 1. The van der Waals surface area contributed by atoms with Gasteiger partial charge < -0.3 is 20.3 Å². The summed E-state index contributed by atoms with van der Waals surface area (Å²) in [5.74, 6) is 1.76. The molecule has 0 unspecified atom stereocenters. The Hall–Kier alpha value is -3.88. The summed E-state index contributed by atoms with van der Waals surface area (Å²) in [7, 11) is 1.62. The molecule has 0 radical (unpaired) electrons. The van der Waals surface area contributed by atoms with Gasteiger partial charge in [0.05, 0.1) is 13.7 Å². The topological polar surface area (TPSA) is 112 Å². The summed E-state index contributed by atoms with van der Waals surface area (Å²) in [6, 6.07) is 16.7. The zero-order valence-electron chi connectivity index (χ0n) is 17.9. The maximum Gasteiger partial charge on any atom is 0.321 e. The number of likely N-dealkylation sites (tertiary alicyclic amines) is 1. The van der Waals surface area contributed by atoms with E-state index < -0.39 is 0 Å². The number of hydrogen-bond donors (Lipinski definition) is 3. The lowest BCUT2D eigenvalue weighted by atomic mass is 9.96. The van der Waals surface area contributed by atoms with Gasteiger partial charge in [-0.1, -0.05) is 18.2 Å².